The molecule has 0 atom stereocenters. The van der Waals surface area contributed by atoms with Crippen LogP contribution in [0, 0.1) is 6.92 Å². The van der Waals surface area contributed by atoms with Crippen LogP contribution in [0.1, 0.15) is 11.3 Å². The second kappa shape index (κ2) is 5.16. The lowest BCUT2D eigenvalue weighted by Crippen LogP contribution is -2.05. The van der Waals surface area contributed by atoms with Crippen molar-refractivity contribution in [2.45, 2.75) is 13.5 Å². The van der Waals surface area contributed by atoms with E-state index in [2.05, 4.69) is 27.4 Å². The first-order valence-corrected chi connectivity index (χ1v) is 6.41. The molecule has 0 aliphatic carbocycles. The molecule has 0 bridgehead atoms. The fraction of sp³-hybridized carbons (Fsp3) is 0.214. The van der Waals surface area contributed by atoms with Crippen molar-refractivity contribution in [2.24, 2.45) is 7.05 Å². The summed E-state index contributed by atoms with van der Waals surface area (Å²) in [5.41, 5.74) is 4.34. The number of para-hydroxylation sites is 2. The lowest BCUT2D eigenvalue weighted by molar-refractivity contribution is 0.738. The number of nitrogens with one attached hydrogen (secondary N) is 1. The van der Waals surface area contributed by atoms with Crippen LogP contribution in [0.25, 0.3) is 5.69 Å². The zero-order valence-corrected chi connectivity index (χ0v) is 11.5. The van der Waals surface area contributed by atoms with Crippen LogP contribution < -0.4 is 5.32 Å². The van der Waals surface area contributed by atoms with Gasteiger partial charge in [-0.15, -0.1) is 0 Å². The third kappa shape index (κ3) is 2.27. The van der Waals surface area contributed by atoms with Crippen LogP contribution in [0.4, 0.5) is 5.69 Å². The summed E-state index contributed by atoms with van der Waals surface area (Å²) in [5.74, 6) is 0. The second-order valence-electron chi connectivity index (χ2n) is 4.59. The molecule has 6 nitrogen and oxygen atoms in total. The van der Waals surface area contributed by atoms with Crippen LogP contribution in [0.15, 0.2) is 43.1 Å². The molecule has 3 rings (SSSR count). The SMILES string of the molecule is Cc1c(CNc2ccccc2-n2cncn2)cnn1C. The molecule has 0 aliphatic rings. The molecule has 0 fully saturated rings. The third-order valence-electron chi connectivity index (χ3n) is 3.38. The van der Waals surface area contributed by atoms with Crippen molar-refractivity contribution in [1.29, 1.82) is 0 Å². The molecule has 20 heavy (non-hydrogen) atoms. The highest BCUT2D eigenvalue weighted by molar-refractivity contribution is 5.60. The van der Waals surface area contributed by atoms with Crippen LogP contribution in [0.3, 0.4) is 0 Å². The maximum Gasteiger partial charge on any atom is 0.138 e. The average molecular weight is 268 g/mol. The van der Waals surface area contributed by atoms with Crippen molar-refractivity contribution in [3.63, 3.8) is 0 Å². The smallest absolute Gasteiger partial charge is 0.138 e. The summed E-state index contributed by atoms with van der Waals surface area (Å²) in [6.45, 7) is 2.79. The van der Waals surface area contributed by atoms with Crippen molar-refractivity contribution < 1.29 is 0 Å². The Kier molecular flexibility index (Phi) is 3.20. The summed E-state index contributed by atoms with van der Waals surface area (Å²) in [6, 6.07) is 8.02. The van der Waals surface area contributed by atoms with E-state index in [4.69, 9.17) is 0 Å². The van der Waals surface area contributed by atoms with E-state index in [9.17, 15) is 0 Å². The van der Waals surface area contributed by atoms with Gasteiger partial charge in [-0.1, -0.05) is 12.1 Å². The van der Waals surface area contributed by atoms with Gasteiger partial charge in [0, 0.05) is 24.8 Å². The van der Waals surface area contributed by atoms with Gasteiger partial charge in [-0.3, -0.25) is 4.68 Å². The Balaban J connectivity index is 1.83. The first-order chi connectivity index (χ1) is 9.75. The number of hydrogen-bond acceptors (Lipinski definition) is 4. The van der Waals surface area contributed by atoms with Gasteiger partial charge in [-0.25, -0.2) is 9.67 Å². The van der Waals surface area contributed by atoms with Gasteiger partial charge in [-0.2, -0.15) is 10.2 Å². The van der Waals surface area contributed by atoms with E-state index >= 15 is 0 Å². The predicted molar refractivity (Wildman–Crippen MR) is 76.6 cm³/mol. The highest BCUT2D eigenvalue weighted by Crippen LogP contribution is 2.19. The molecule has 0 saturated heterocycles. The number of benzene rings is 1. The van der Waals surface area contributed by atoms with Crippen LogP contribution in [0.5, 0.6) is 0 Å². The summed E-state index contributed by atoms with van der Waals surface area (Å²) in [7, 11) is 1.95. The van der Waals surface area contributed by atoms with Crippen molar-refractivity contribution in [3.8, 4) is 5.69 Å². The predicted octanol–water partition coefficient (Wildman–Crippen LogP) is 1.92. The molecule has 0 unspecified atom stereocenters. The van der Waals surface area contributed by atoms with E-state index < -0.39 is 0 Å². The third-order valence-corrected chi connectivity index (χ3v) is 3.38. The van der Waals surface area contributed by atoms with E-state index in [1.165, 1.54) is 11.9 Å². The van der Waals surface area contributed by atoms with Gasteiger partial charge < -0.3 is 5.32 Å². The lowest BCUT2D eigenvalue weighted by atomic mass is 10.2. The molecule has 1 aromatic carbocycles. The maximum absolute atomic E-state index is 4.25. The largest absolute Gasteiger partial charge is 0.379 e. The Morgan fingerprint density at radius 2 is 2.05 bits per heavy atom. The van der Waals surface area contributed by atoms with Gasteiger partial charge in [-0.05, 0) is 19.1 Å². The van der Waals surface area contributed by atoms with Crippen LogP contribution in [-0.4, -0.2) is 24.5 Å². The number of hydrogen-bond donors (Lipinski definition) is 1. The Morgan fingerprint density at radius 1 is 1.20 bits per heavy atom. The van der Waals surface area contributed by atoms with Crippen LogP contribution in [0.2, 0.25) is 0 Å². The molecular weight excluding hydrogens is 252 g/mol. The molecule has 3 aromatic rings. The lowest BCUT2D eigenvalue weighted by Gasteiger charge is -2.11. The Bertz CT molecular complexity index is 698. The van der Waals surface area contributed by atoms with E-state index in [0.717, 1.165) is 23.6 Å². The number of rotatable bonds is 4. The van der Waals surface area contributed by atoms with E-state index in [-0.39, 0.29) is 0 Å². The highest BCUT2D eigenvalue weighted by Gasteiger charge is 2.07. The molecule has 0 spiro atoms. The topological polar surface area (TPSA) is 60.6 Å². The van der Waals surface area contributed by atoms with Crippen molar-refractivity contribution >= 4 is 5.69 Å². The first-order valence-electron chi connectivity index (χ1n) is 6.41. The second-order valence-corrected chi connectivity index (χ2v) is 4.59. The molecule has 0 radical (unpaired) electrons. The summed E-state index contributed by atoms with van der Waals surface area (Å²) >= 11 is 0. The molecule has 0 saturated carbocycles. The Morgan fingerprint density at radius 3 is 2.75 bits per heavy atom. The van der Waals surface area contributed by atoms with Gasteiger partial charge in [0.25, 0.3) is 0 Å². The molecule has 2 heterocycles. The van der Waals surface area contributed by atoms with Crippen molar-refractivity contribution in [1.82, 2.24) is 24.5 Å². The number of aromatic nitrogens is 5. The minimum atomic E-state index is 0.728. The maximum atomic E-state index is 4.25. The van der Waals surface area contributed by atoms with Crippen LogP contribution >= 0.6 is 0 Å². The molecule has 0 aliphatic heterocycles. The van der Waals surface area contributed by atoms with E-state index in [0.29, 0.717) is 0 Å². The zero-order chi connectivity index (χ0) is 13.9. The molecule has 2 aromatic heterocycles. The zero-order valence-electron chi connectivity index (χ0n) is 11.5. The van der Waals surface area contributed by atoms with Gasteiger partial charge >= 0.3 is 0 Å². The normalized spacial score (nSPS) is 10.7. The quantitative estimate of drug-likeness (QED) is 0.785. The van der Waals surface area contributed by atoms with Gasteiger partial charge in [0.2, 0.25) is 0 Å². The molecular formula is C14H16N6. The number of nitrogens with zero attached hydrogens (tertiary/aromatic N) is 5. The fourth-order valence-electron chi connectivity index (χ4n) is 2.06. The summed E-state index contributed by atoms with van der Waals surface area (Å²) < 4.78 is 3.62. The van der Waals surface area contributed by atoms with E-state index in [1.54, 1.807) is 11.0 Å². The van der Waals surface area contributed by atoms with Gasteiger partial charge in [0.1, 0.15) is 12.7 Å². The number of aryl methyl sites for hydroxylation is 1. The van der Waals surface area contributed by atoms with Crippen LogP contribution in [-0.2, 0) is 13.6 Å². The summed E-state index contributed by atoms with van der Waals surface area (Å²) in [5, 5.41) is 11.9. The van der Waals surface area contributed by atoms with E-state index in [1.807, 2.05) is 42.2 Å². The first kappa shape index (κ1) is 12.4. The van der Waals surface area contributed by atoms with Crippen molar-refractivity contribution in [3.05, 3.63) is 54.4 Å². The Hall–Kier alpha value is -2.63. The van der Waals surface area contributed by atoms with Gasteiger partial charge in [0.15, 0.2) is 0 Å². The molecule has 102 valence electrons. The van der Waals surface area contributed by atoms with Crippen molar-refractivity contribution in [2.75, 3.05) is 5.32 Å². The minimum Gasteiger partial charge on any atom is -0.379 e. The monoisotopic (exact) mass is 268 g/mol. The molecule has 0 amide bonds. The fourth-order valence-corrected chi connectivity index (χ4v) is 2.06. The summed E-state index contributed by atoms with van der Waals surface area (Å²) in [6.07, 6.45) is 5.11. The Labute approximate surface area is 117 Å². The highest BCUT2D eigenvalue weighted by atomic mass is 15.3. The van der Waals surface area contributed by atoms with Gasteiger partial charge in [0.05, 0.1) is 17.6 Å². The average Bonchev–Trinajstić information content (AvgIpc) is 3.10. The minimum absolute atomic E-state index is 0.728. The molecule has 1 N–H and O–H groups in total. The summed E-state index contributed by atoms with van der Waals surface area (Å²) in [4.78, 5) is 3.99. The number of anilines is 1. The molecule has 6 heteroatoms. The standard InChI is InChI=1S/C14H16N6/c1-11-12(8-17-19(11)2)7-16-13-5-3-4-6-14(13)20-10-15-9-18-20/h3-6,8-10,16H,7H2,1-2H3.